The monoisotopic (exact) mass is 278 g/mol. The normalized spacial score (nSPS) is 23.4. The molecule has 0 aromatic carbocycles. The van der Waals surface area contributed by atoms with Crippen molar-refractivity contribution < 1.29 is 9.53 Å². The van der Waals surface area contributed by atoms with Gasteiger partial charge in [0.15, 0.2) is 0 Å². The average molecular weight is 278 g/mol. The van der Waals surface area contributed by atoms with Gasteiger partial charge in [-0.05, 0) is 25.7 Å². The second-order valence-corrected chi connectivity index (χ2v) is 5.58. The van der Waals surface area contributed by atoms with E-state index >= 15 is 0 Å². The van der Waals surface area contributed by atoms with Crippen molar-refractivity contribution in [2.45, 2.75) is 44.3 Å². The fourth-order valence-corrected chi connectivity index (χ4v) is 2.62. The van der Waals surface area contributed by atoms with Crippen LogP contribution in [0.4, 0.5) is 5.69 Å². The Labute approximate surface area is 119 Å². The molecule has 1 saturated carbocycles. The van der Waals surface area contributed by atoms with E-state index in [1.807, 2.05) is 15.8 Å². The van der Waals surface area contributed by atoms with Crippen molar-refractivity contribution in [3.05, 3.63) is 12.4 Å². The van der Waals surface area contributed by atoms with Crippen molar-refractivity contribution >= 4 is 11.6 Å². The molecule has 1 unspecified atom stereocenters. The highest BCUT2D eigenvalue weighted by Crippen LogP contribution is 2.25. The van der Waals surface area contributed by atoms with Crippen molar-refractivity contribution in [3.63, 3.8) is 0 Å². The zero-order valence-corrected chi connectivity index (χ0v) is 11.9. The minimum Gasteiger partial charge on any atom is -0.383 e. The zero-order chi connectivity index (χ0) is 13.9. The molecule has 2 heterocycles. The second kappa shape index (κ2) is 5.93. The van der Waals surface area contributed by atoms with E-state index in [0.29, 0.717) is 19.2 Å². The molecule has 1 amide bonds. The van der Waals surface area contributed by atoms with Crippen LogP contribution in [0.2, 0.25) is 0 Å². The summed E-state index contributed by atoms with van der Waals surface area (Å²) in [7, 11) is 1.67. The number of amides is 1. The number of piperidine rings is 1. The van der Waals surface area contributed by atoms with Crippen LogP contribution in [0, 0.1) is 0 Å². The van der Waals surface area contributed by atoms with Crippen molar-refractivity contribution in [2.24, 2.45) is 0 Å². The van der Waals surface area contributed by atoms with Crippen LogP contribution >= 0.6 is 0 Å². The summed E-state index contributed by atoms with van der Waals surface area (Å²) in [5.74, 6) is 0.189. The van der Waals surface area contributed by atoms with Gasteiger partial charge >= 0.3 is 0 Å². The molecule has 0 spiro atoms. The first-order valence-corrected chi connectivity index (χ1v) is 7.37. The van der Waals surface area contributed by atoms with Crippen molar-refractivity contribution in [1.29, 1.82) is 0 Å². The topological polar surface area (TPSA) is 59.4 Å². The van der Waals surface area contributed by atoms with Gasteiger partial charge in [0.1, 0.15) is 0 Å². The third-order valence-electron chi connectivity index (χ3n) is 3.91. The number of nitrogens with zero attached hydrogens (tertiary/aromatic N) is 3. The average Bonchev–Trinajstić information content (AvgIpc) is 3.14. The summed E-state index contributed by atoms with van der Waals surface area (Å²) in [5.41, 5.74) is 0.897. The molecular weight excluding hydrogens is 256 g/mol. The Bertz CT molecular complexity index is 469. The summed E-state index contributed by atoms with van der Waals surface area (Å²) in [5, 5.41) is 7.73. The Kier molecular flexibility index (Phi) is 4.03. The molecular formula is C14H22N4O2. The summed E-state index contributed by atoms with van der Waals surface area (Å²) in [6.07, 6.45) is 8.10. The maximum absolute atomic E-state index is 12.5. The predicted molar refractivity (Wildman–Crippen MR) is 75.6 cm³/mol. The van der Waals surface area contributed by atoms with Crippen molar-refractivity contribution in [3.8, 4) is 0 Å². The summed E-state index contributed by atoms with van der Waals surface area (Å²) >= 11 is 0. The Morgan fingerprint density at radius 1 is 1.45 bits per heavy atom. The van der Waals surface area contributed by atoms with Crippen molar-refractivity contribution in [1.82, 2.24) is 15.1 Å². The van der Waals surface area contributed by atoms with Crippen LogP contribution in [0.5, 0.6) is 0 Å². The van der Waals surface area contributed by atoms with Gasteiger partial charge in [-0.15, -0.1) is 0 Å². The molecule has 2 fully saturated rings. The summed E-state index contributed by atoms with van der Waals surface area (Å²) in [4.78, 5) is 14.4. The van der Waals surface area contributed by atoms with E-state index in [9.17, 15) is 4.79 Å². The highest BCUT2D eigenvalue weighted by molar-refractivity contribution is 5.97. The molecule has 6 nitrogen and oxygen atoms in total. The number of ether oxygens (including phenoxy) is 1. The summed E-state index contributed by atoms with van der Waals surface area (Å²) in [6, 6.07) is 0.548. The van der Waals surface area contributed by atoms with Gasteiger partial charge in [0.05, 0.1) is 31.1 Å². The van der Waals surface area contributed by atoms with E-state index in [-0.39, 0.29) is 11.9 Å². The third kappa shape index (κ3) is 3.02. The molecule has 1 aliphatic heterocycles. The number of anilines is 1. The predicted octanol–water partition coefficient (Wildman–Crippen LogP) is 0.777. The lowest BCUT2D eigenvalue weighted by molar-refractivity contribution is -0.121. The molecule has 1 N–H and O–H groups in total. The first-order valence-electron chi connectivity index (χ1n) is 7.37. The van der Waals surface area contributed by atoms with Gasteiger partial charge in [0.2, 0.25) is 5.91 Å². The number of methoxy groups -OCH3 is 1. The standard InChI is InChI=1S/C14H22N4O2/c1-20-8-7-17-10-12(9-15-17)18-6-2-3-13(14(18)19)16-11-4-5-11/h9-11,13,16H,2-8H2,1H3. The number of nitrogens with one attached hydrogen (secondary N) is 1. The molecule has 1 saturated heterocycles. The van der Waals surface area contributed by atoms with E-state index in [4.69, 9.17) is 4.74 Å². The summed E-state index contributed by atoms with van der Waals surface area (Å²) in [6.45, 7) is 2.13. The molecule has 3 rings (SSSR count). The van der Waals surface area contributed by atoms with Gasteiger partial charge in [-0.2, -0.15) is 5.10 Å². The first kappa shape index (κ1) is 13.6. The van der Waals surface area contributed by atoms with E-state index in [1.54, 1.807) is 13.3 Å². The van der Waals surface area contributed by atoms with Crippen LogP contribution in [-0.4, -0.2) is 48.0 Å². The Hall–Kier alpha value is -1.40. The highest BCUT2D eigenvalue weighted by atomic mass is 16.5. The van der Waals surface area contributed by atoms with E-state index < -0.39 is 0 Å². The maximum atomic E-state index is 12.5. The molecule has 1 atom stereocenters. The smallest absolute Gasteiger partial charge is 0.244 e. The fourth-order valence-electron chi connectivity index (χ4n) is 2.62. The number of rotatable bonds is 6. The number of carbonyl (C=O) groups is 1. The summed E-state index contributed by atoms with van der Waals surface area (Å²) < 4.78 is 6.86. The molecule has 1 aromatic rings. The van der Waals surface area contributed by atoms with Gasteiger partial charge in [0.25, 0.3) is 0 Å². The lowest BCUT2D eigenvalue weighted by Crippen LogP contribution is -2.51. The molecule has 0 radical (unpaired) electrons. The van der Waals surface area contributed by atoms with Crippen LogP contribution in [0.25, 0.3) is 0 Å². The van der Waals surface area contributed by atoms with Crippen LogP contribution < -0.4 is 10.2 Å². The molecule has 110 valence electrons. The van der Waals surface area contributed by atoms with E-state index in [0.717, 1.165) is 25.1 Å². The minimum atomic E-state index is -0.0152. The van der Waals surface area contributed by atoms with Gasteiger partial charge in [0, 0.05) is 25.9 Å². The number of hydrogen-bond acceptors (Lipinski definition) is 4. The Balaban J connectivity index is 1.65. The second-order valence-electron chi connectivity index (χ2n) is 5.58. The lowest BCUT2D eigenvalue weighted by Gasteiger charge is -2.31. The molecule has 1 aromatic heterocycles. The van der Waals surface area contributed by atoms with Crippen LogP contribution in [-0.2, 0) is 16.1 Å². The van der Waals surface area contributed by atoms with Crippen molar-refractivity contribution in [2.75, 3.05) is 25.2 Å². The Morgan fingerprint density at radius 3 is 3.05 bits per heavy atom. The van der Waals surface area contributed by atoms with E-state index in [1.165, 1.54) is 12.8 Å². The SMILES string of the molecule is COCCn1cc(N2CCCC(NC3CC3)C2=O)cn1. The minimum absolute atomic E-state index is 0.0152. The van der Waals surface area contributed by atoms with Gasteiger partial charge < -0.3 is 15.0 Å². The van der Waals surface area contributed by atoms with Gasteiger partial charge in [-0.25, -0.2) is 0 Å². The van der Waals surface area contributed by atoms with Crippen LogP contribution in [0.15, 0.2) is 12.4 Å². The van der Waals surface area contributed by atoms with E-state index in [2.05, 4.69) is 10.4 Å². The fraction of sp³-hybridized carbons (Fsp3) is 0.714. The first-order chi connectivity index (χ1) is 9.78. The third-order valence-corrected chi connectivity index (χ3v) is 3.91. The highest BCUT2D eigenvalue weighted by Gasteiger charge is 2.34. The number of aromatic nitrogens is 2. The van der Waals surface area contributed by atoms with Crippen LogP contribution in [0.1, 0.15) is 25.7 Å². The molecule has 6 heteroatoms. The number of carbonyl (C=O) groups excluding carboxylic acids is 1. The quantitative estimate of drug-likeness (QED) is 0.835. The maximum Gasteiger partial charge on any atom is 0.244 e. The molecule has 20 heavy (non-hydrogen) atoms. The number of hydrogen-bond donors (Lipinski definition) is 1. The largest absolute Gasteiger partial charge is 0.383 e. The lowest BCUT2D eigenvalue weighted by atomic mass is 10.0. The van der Waals surface area contributed by atoms with Gasteiger partial charge in [-0.1, -0.05) is 0 Å². The zero-order valence-electron chi connectivity index (χ0n) is 11.9. The van der Waals surface area contributed by atoms with Gasteiger partial charge in [-0.3, -0.25) is 9.48 Å². The Morgan fingerprint density at radius 2 is 2.30 bits per heavy atom. The molecule has 1 aliphatic carbocycles. The molecule has 2 aliphatic rings. The molecule has 0 bridgehead atoms. The van der Waals surface area contributed by atoms with Crippen LogP contribution in [0.3, 0.4) is 0 Å².